The highest BCUT2D eigenvalue weighted by atomic mass is 32.2. The maximum Gasteiger partial charge on any atom is 0.188 e. The highest BCUT2D eigenvalue weighted by Gasteiger charge is 2.38. The number of nitrogens with one attached hydrogen (secondary N) is 1. The molecule has 1 aliphatic heterocycles. The van der Waals surface area contributed by atoms with E-state index in [1.807, 2.05) is 6.92 Å². The van der Waals surface area contributed by atoms with Crippen molar-refractivity contribution in [3.63, 3.8) is 0 Å². The lowest BCUT2D eigenvalue weighted by Gasteiger charge is -2.32. The van der Waals surface area contributed by atoms with Gasteiger partial charge in [-0.15, -0.1) is 0 Å². The van der Waals surface area contributed by atoms with Crippen LogP contribution in [0.3, 0.4) is 0 Å². The van der Waals surface area contributed by atoms with E-state index in [-0.39, 0.29) is 12.6 Å². The fourth-order valence-corrected chi connectivity index (χ4v) is 4.32. The topological polar surface area (TPSA) is 55.4 Å². The van der Waals surface area contributed by atoms with Gasteiger partial charge in [-0.3, -0.25) is 0 Å². The van der Waals surface area contributed by atoms with E-state index in [0.717, 1.165) is 24.6 Å². The largest absolute Gasteiger partial charge is 0.380 e. The summed E-state index contributed by atoms with van der Waals surface area (Å²) >= 11 is 0. The zero-order valence-electron chi connectivity index (χ0n) is 11.8. The summed E-state index contributed by atoms with van der Waals surface area (Å²) in [4.78, 5) is -0.596. The van der Waals surface area contributed by atoms with Gasteiger partial charge < -0.3 is 10.1 Å². The molecule has 0 spiro atoms. The van der Waals surface area contributed by atoms with Gasteiger partial charge in [0, 0.05) is 12.6 Å². The minimum atomic E-state index is -4.00. The van der Waals surface area contributed by atoms with Crippen molar-refractivity contribution >= 4 is 9.84 Å². The number of rotatable bonds is 5. The van der Waals surface area contributed by atoms with Crippen LogP contribution in [0.5, 0.6) is 0 Å². The van der Waals surface area contributed by atoms with Gasteiger partial charge in [-0.2, -0.15) is 0 Å². The summed E-state index contributed by atoms with van der Waals surface area (Å²) in [5.74, 6) is -1.71. The van der Waals surface area contributed by atoms with Crippen molar-refractivity contribution in [2.24, 2.45) is 0 Å². The molecule has 2 unspecified atom stereocenters. The van der Waals surface area contributed by atoms with Crippen LogP contribution >= 0.6 is 0 Å². The van der Waals surface area contributed by atoms with Crippen LogP contribution in [0.25, 0.3) is 0 Å². The summed E-state index contributed by atoms with van der Waals surface area (Å²) < 4.78 is 57.5. The number of halogens is 2. The molecule has 1 saturated heterocycles. The van der Waals surface area contributed by atoms with Crippen molar-refractivity contribution in [1.29, 1.82) is 0 Å². The number of benzene rings is 1. The molecular weight excluding hydrogens is 300 g/mol. The van der Waals surface area contributed by atoms with Gasteiger partial charge in [0.25, 0.3) is 0 Å². The molecule has 1 aromatic rings. The van der Waals surface area contributed by atoms with E-state index in [2.05, 4.69) is 5.32 Å². The van der Waals surface area contributed by atoms with Gasteiger partial charge >= 0.3 is 0 Å². The maximum atomic E-state index is 13.8. The Labute approximate surface area is 123 Å². The third kappa shape index (κ3) is 3.59. The van der Waals surface area contributed by atoms with Crippen molar-refractivity contribution in [3.8, 4) is 0 Å². The fraction of sp³-hybridized carbons (Fsp3) is 0.571. The Bertz CT molecular complexity index is 592. The second-order valence-corrected chi connectivity index (χ2v) is 7.22. The van der Waals surface area contributed by atoms with Crippen molar-refractivity contribution in [2.45, 2.75) is 36.0 Å². The molecule has 21 heavy (non-hydrogen) atoms. The van der Waals surface area contributed by atoms with E-state index >= 15 is 0 Å². The number of hydrogen-bond acceptors (Lipinski definition) is 4. The first kappa shape index (κ1) is 16.3. The van der Waals surface area contributed by atoms with Gasteiger partial charge in [0.15, 0.2) is 9.84 Å². The van der Waals surface area contributed by atoms with Gasteiger partial charge in [-0.25, -0.2) is 17.2 Å². The third-order valence-corrected chi connectivity index (χ3v) is 5.75. The van der Waals surface area contributed by atoms with E-state index in [4.69, 9.17) is 4.74 Å². The van der Waals surface area contributed by atoms with Crippen LogP contribution in [-0.2, 0) is 14.6 Å². The van der Waals surface area contributed by atoms with Gasteiger partial charge in [-0.05, 0) is 37.6 Å². The molecule has 7 heteroatoms. The average Bonchev–Trinajstić information content (AvgIpc) is 2.47. The molecular formula is C14H19F2NO3S. The van der Waals surface area contributed by atoms with E-state index in [1.54, 1.807) is 0 Å². The predicted molar refractivity (Wildman–Crippen MR) is 74.8 cm³/mol. The van der Waals surface area contributed by atoms with Crippen molar-refractivity contribution in [1.82, 2.24) is 5.32 Å². The van der Waals surface area contributed by atoms with Gasteiger partial charge in [0.05, 0.1) is 6.61 Å². The molecule has 0 radical (unpaired) electrons. The Kier molecular flexibility index (Phi) is 5.29. The third-order valence-electron chi connectivity index (χ3n) is 3.56. The van der Waals surface area contributed by atoms with E-state index < -0.39 is 31.6 Å². The molecule has 118 valence electrons. The first-order chi connectivity index (χ1) is 9.96. The van der Waals surface area contributed by atoms with Gasteiger partial charge in [0.2, 0.25) is 0 Å². The second-order valence-electron chi connectivity index (χ2n) is 5.08. The van der Waals surface area contributed by atoms with Crippen LogP contribution in [-0.4, -0.2) is 39.5 Å². The number of ether oxygens (including phenoxy) is 1. The van der Waals surface area contributed by atoms with Crippen LogP contribution < -0.4 is 5.32 Å². The molecule has 0 amide bonds. The molecule has 1 heterocycles. The zero-order valence-corrected chi connectivity index (χ0v) is 12.6. The lowest BCUT2D eigenvalue weighted by atomic mass is 10.1. The molecule has 1 N–H and O–H groups in total. The summed E-state index contributed by atoms with van der Waals surface area (Å²) in [6.45, 7) is 3.09. The van der Waals surface area contributed by atoms with Crippen molar-refractivity contribution < 1.29 is 21.9 Å². The maximum absolute atomic E-state index is 13.8. The van der Waals surface area contributed by atoms with Gasteiger partial charge in [0.1, 0.15) is 21.8 Å². The number of sulfone groups is 1. The summed E-state index contributed by atoms with van der Waals surface area (Å²) in [7, 11) is -4.00. The predicted octanol–water partition coefficient (Wildman–Crippen LogP) is 1.90. The average molecular weight is 319 g/mol. The van der Waals surface area contributed by atoms with Crippen LogP contribution in [0.2, 0.25) is 0 Å². The first-order valence-electron chi connectivity index (χ1n) is 6.97. The lowest BCUT2D eigenvalue weighted by Crippen LogP contribution is -2.50. The van der Waals surface area contributed by atoms with Crippen LogP contribution in [0, 0.1) is 11.6 Å². The number of hydrogen-bond donors (Lipinski definition) is 1. The van der Waals surface area contributed by atoms with Crippen LogP contribution in [0.15, 0.2) is 23.1 Å². The summed E-state index contributed by atoms with van der Waals surface area (Å²) in [6.07, 6.45) is 1.39. The molecule has 0 bridgehead atoms. The molecule has 1 aliphatic rings. The standard InChI is InChI=1S/C14H19F2NO3S/c1-2-6-17-12-5-7-20-9-14(12)21(18,19)13-8-10(15)3-4-11(13)16/h3-4,8,12,14,17H,2,5-7,9H2,1H3. The Balaban J connectivity index is 2.33. The molecule has 4 nitrogen and oxygen atoms in total. The fourth-order valence-electron chi connectivity index (χ4n) is 2.44. The van der Waals surface area contributed by atoms with Crippen molar-refractivity contribution in [2.75, 3.05) is 19.8 Å². The Morgan fingerprint density at radius 3 is 2.86 bits per heavy atom. The summed E-state index contributed by atoms with van der Waals surface area (Å²) in [6, 6.07) is 2.15. The molecule has 2 rings (SSSR count). The van der Waals surface area contributed by atoms with Crippen molar-refractivity contribution in [3.05, 3.63) is 29.8 Å². The monoisotopic (exact) mass is 319 g/mol. The zero-order chi connectivity index (χ0) is 15.5. The first-order valence-corrected chi connectivity index (χ1v) is 8.51. The molecule has 0 aliphatic carbocycles. The van der Waals surface area contributed by atoms with E-state index in [1.165, 1.54) is 0 Å². The highest BCUT2D eigenvalue weighted by molar-refractivity contribution is 7.92. The Hall–Kier alpha value is -1.05. The molecule has 1 fully saturated rings. The Morgan fingerprint density at radius 2 is 2.14 bits per heavy atom. The quantitative estimate of drug-likeness (QED) is 0.900. The van der Waals surface area contributed by atoms with Gasteiger partial charge in [-0.1, -0.05) is 6.92 Å². The smallest absolute Gasteiger partial charge is 0.188 e. The van der Waals surface area contributed by atoms with E-state index in [0.29, 0.717) is 19.6 Å². The lowest BCUT2D eigenvalue weighted by molar-refractivity contribution is 0.0807. The highest BCUT2D eigenvalue weighted by Crippen LogP contribution is 2.26. The summed E-state index contributed by atoms with van der Waals surface area (Å²) in [5.41, 5.74) is 0. The second kappa shape index (κ2) is 6.81. The van der Waals surface area contributed by atoms with E-state index in [9.17, 15) is 17.2 Å². The van der Waals surface area contributed by atoms with Crippen LogP contribution in [0.4, 0.5) is 8.78 Å². The molecule has 0 aromatic heterocycles. The minimum absolute atomic E-state index is 0.0142. The normalized spacial score (nSPS) is 23.2. The SMILES string of the molecule is CCCNC1CCOCC1S(=O)(=O)c1cc(F)ccc1F. The minimum Gasteiger partial charge on any atom is -0.380 e. The summed E-state index contributed by atoms with van der Waals surface area (Å²) in [5, 5.41) is 2.25. The molecule has 0 saturated carbocycles. The van der Waals surface area contributed by atoms with Crippen LogP contribution in [0.1, 0.15) is 19.8 Å². The molecule has 1 aromatic carbocycles. The molecule has 2 atom stereocenters. The Morgan fingerprint density at radius 1 is 1.38 bits per heavy atom.